The predicted octanol–water partition coefficient (Wildman–Crippen LogP) is 14.3. The summed E-state index contributed by atoms with van der Waals surface area (Å²) in [5.41, 5.74) is 8.38. The second-order valence-electron chi connectivity index (χ2n) is 12.9. The Morgan fingerprint density at radius 2 is 0.880 bits per heavy atom. The number of thiophene rings is 1. The highest BCUT2D eigenvalue weighted by atomic mass is 32.1. The Morgan fingerprint density at radius 1 is 0.320 bits per heavy atom. The van der Waals surface area contributed by atoms with Crippen LogP contribution in [0, 0.1) is 0 Å². The van der Waals surface area contributed by atoms with E-state index in [1.165, 1.54) is 74.7 Å². The minimum absolute atomic E-state index is 1.13. The van der Waals surface area contributed by atoms with Crippen molar-refractivity contribution < 1.29 is 0 Å². The van der Waals surface area contributed by atoms with E-state index in [4.69, 9.17) is 0 Å². The van der Waals surface area contributed by atoms with Gasteiger partial charge in [0.2, 0.25) is 0 Å². The van der Waals surface area contributed by atoms with Crippen molar-refractivity contribution in [2.75, 3.05) is 4.90 Å². The summed E-state index contributed by atoms with van der Waals surface area (Å²) in [6.45, 7) is 0. The van der Waals surface area contributed by atoms with E-state index in [1.54, 1.807) is 0 Å². The third-order valence-electron chi connectivity index (χ3n) is 10.1. The van der Waals surface area contributed by atoms with Gasteiger partial charge >= 0.3 is 0 Å². The van der Waals surface area contributed by atoms with Crippen molar-refractivity contribution in [3.05, 3.63) is 188 Å². The van der Waals surface area contributed by atoms with Crippen LogP contribution in [0.1, 0.15) is 0 Å². The van der Waals surface area contributed by atoms with E-state index in [2.05, 4.69) is 193 Å². The lowest BCUT2D eigenvalue weighted by atomic mass is 9.94. The number of fused-ring (bicyclic) bond motifs is 7. The van der Waals surface area contributed by atoms with Crippen LogP contribution in [0.25, 0.3) is 74.7 Å². The summed E-state index contributed by atoms with van der Waals surface area (Å²) in [7, 11) is 0. The number of anilines is 3. The van der Waals surface area contributed by atoms with Crippen molar-refractivity contribution in [1.82, 2.24) is 0 Å². The van der Waals surface area contributed by atoms with Gasteiger partial charge < -0.3 is 4.90 Å². The molecule has 0 saturated carbocycles. The Hall–Kier alpha value is -6.22. The van der Waals surface area contributed by atoms with Crippen LogP contribution in [0.5, 0.6) is 0 Å². The number of benzene rings is 9. The molecule has 10 rings (SSSR count). The topological polar surface area (TPSA) is 3.24 Å². The minimum Gasteiger partial charge on any atom is -0.310 e. The van der Waals surface area contributed by atoms with Crippen molar-refractivity contribution in [1.29, 1.82) is 0 Å². The van der Waals surface area contributed by atoms with E-state index in [0.717, 1.165) is 17.1 Å². The van der Waals surface area contributed by atoms with Gasteiger partial charge in [0.15, 0.2) is 0 Å². The highest BCUT2D eigenvalue weighted by molar-refractivity contribution is 7.25. The summed E-state index contributed by atoms with van der Waals surface area (Å²) in [6, 6.07) is 68.7. The third kappa shape index (κ3) is 4.69. The van der Waals surface area contributed by atoms with Crippen LogP contribution in [0.2, 0.25) is 0 Å². The average molecular weight is 654 g/mol. The first kappa shape index (κ1) is 28.8. The van der Waals surface area contributed by atoms with Gasteiger partial charge in [0.25, 0.3) is 0 Å². The molecule has 0 amide bonds. The van der Waals surface area contributed by atoms with Crippen LogP contribution in [0.4, 0.5) is 17.1 Å². The quantitative estimate of drug-likeness (QED) is 0.167. The lowest BCUT2D eigenvalue weighted by Gasteiger charge is -2.27. The summed E-state index contributed by atoms with van der Waals surface area (Å²) in [4.78, 5) is 2.44. The molecule has 0 saturated heterocycles. The van der Waals surface area contributed by atoms with E-state index in [0.29, 0.717) is 0 Å². The van der Waals surface area contributed by atoms with Crippen molar-refractivity contribution in [2.45, 2.75) is 0 Å². The standard InChI is InChI=1S/C48H31NS/c1-2-11-32(12-3-1)39-18-9-19-40-41-20-10-21-46(43(41)30-29-42(39)40)49(36-27-28-45-44-16-6-7-22-47(44)50-48(45)31-36)35-25-23-34(24-26-35)38-17-8-14-33-13-4-5-15-37(33)38/h1-31H. The number of nitrogens with zero attached hydrogens (tertiary/aromatic N) is 1. The molecular weight excluding hydrogens is 623 g/mol. The highest BCUT2D eigenvalue weighted by Crippen LogP contribution is 2.45. The Kier molecular flexibility index (Phi) is 6.75. The molecule has 0 radical (unpaired) electrons. The first-order chi connectivity index (χ1) is 24.8. The predicted molar refractivity (Wildman–Crippen MR) is 217 cm³/mol. The van der Waals surface area contributed by atoms with Crippen molar-refractivity contribution in [3.8, 4) is 22.3 Å². The number of rotatable bonds is 5. The van der Waals surface area contributed by atoms with Crippen LogP contribution >= 0.6 is 11.3 Å². The monoisotopic (exact) mass is 653 g/mol. The molecule has 1 nitrogen and oxygen atoms in total. The summed E-state index contributed by atoms with van der Waals surface area (Å²) >= 11 is 1.86. The fraction of sp³-hybridized carbons (Fsp3) is 0. The largest absolute Gasteiger partial charge is 0.310 e. The Labute approximate surface area is 294 Å². The Balaban J connectivity index is 1.18. The van der Waals surface area contributed by atoms with Gasteiger partial charge in [-0.1, -0.05) is 152 Å². The molecule has 0 atom stereocenters. The molecule has 0 fully saturated rings. The summed E-state index contributed by atoms with van der Waals surface area (Å²) < 4.78 is 2.61. The normalized spacial score (nSPS) is 11.6. The average Bonchev–Trinajstić information content (AvgIpc) is 3.56. The molecule has 10 aromatic rings. The molecule has 9 aromatic carbocycles. The maximum Gasteiger partial charge on any atom is 0.0540 e. The molecule has 0 bridgehead atoms. The third-order valence-corrected chi connectivity index (χ3v) is 11.2. The van der Waals surface area contributed by atoms with Crippen molar-refractivity contribution in [2.24, 2.45) is 0 Å². The van der Waals surface area contributed by atoms with E-state index < -0.39 is 0 Å². The molecule has 2 heteroatoms. The van der Waals surface area contributed by atoms with Crippen LogP contribution in [-0.2, 0) is 0 Å². The lowest BCUT2D eigenvalue weighted by Crippen LogP contribution is -2.10. The van der Waals surface area contributed by atoms with Crippen molar-refractivity contribution >= 4 is 80.9 Å². The van der Waals surface area contributed by atoms with E-state index in [1.807, 2.05) is 11.3 Å². The molecule has 0 aliphatic carbocycles. The van der Waals surface area contributed by atoms with Crippen molar-refractivity contribution in [3.63, 3.8) is 0 Å². The van der Waals surface area contributed by atoms with Gasteiger partial charge in [0, 0.05) is 36.9 Å². The maximum atomic E-state index is 2.44. The molecule has 1 aromatic heterocycles. The van der Waals surface area contributed by atoms with Gasteiger partial charge in [-0.05, 0) is 85.6 Å². The molecule has 0 unspecified atom stereocenters. The van der Waals surface area contributed by atoms with Crippen LogP contribution in [0.3, 0.4) is 0 Å². The number of hydrogen-bond acceptors (Lipinski definition) is 2. The summed E-state index contributed by atoms with van der Waals surface area (Å²) in [6.07, 6.45) is 0. The van der Waals surface area contributed by atoms with Gasteiger partial charge in [0.05, 0.1) is 5.69 Å². The van der Waals surface area contributed by atoms with E-state index in [9.17, 15) is 0 Å². The Bertz CT molecular complexity index is 2860. The molecule has 0 aliphatic heterocycles. The molecular formula is C48H31NS. The zero-order valence-electron chi connectivity index (χ0n) is 27.3. The van der Waals surface area contributed by atoms with Crippen LogP contribution in [-0.4, -0.2) is 0 Å². The molecule has 50 heavy (non-hydrogen) atoms. The maximum absolute atomic E-state index is 2.44. The van der Waals surface area contributed by atoms with E-state index >= 15 is 0 Å². The van der Waals surface area contributed by atoms with Gasteiger partial charge in [0.1, 0.15) is 0 Å². The second-order valence-corrected chi connectivity index (χ2v) is 14.0. The first-order valence-electron chi connectivity index (χ1n) is 17.1. The van der Waals surface area contributed by atoms with Gasteiger partial charge in [-0.15, -0.1) is 11.3 Å². The molecule has 234 valence electrons. The number of hydrogen-bond donors (Lipinski definition) is 0. The zero-order valence-corrected chi connectivity index (χ0v) is 28.1. The van der Waals surface area contributed by atoms with Crippen LogP contribution in [0.15, 0.2) is 188 Å². The molecule has 1 heterocycles. The van der Waals surface area contributed by atoms with E-state index in [-0.39, 0.29) is 0 Å². The fourth-order valence-corrected chi connectivity index (χ4v) is 8.86. The van der Waals surface area contributed by atoms with Gasteiger partial charge in [-0.3, -0.25) is 0 Å². The molecule has 0 aliphatic rings. The van der Waals surface area contributed by atoms with Crippen LogP contribution < -0.4 is 4.90 Å². The first-order valence-corrected chi connectivity index (χ1v) is 17.9. The Morgan fingerprint density at radius 3 is 1.74 bits per heavy atom. The van der Waals surface area contributed by atoms with Gasteiger partial charge in [-0.2, -0.15) is 0 Å². The second kappa shape index (κ2) is 11.7. The zero-order chi connectivity index (χ0) is 33.0. The molecule has 0 spiro atoms. The summed E-state index contributed by atoms with van der Waals surface area (Å²) in [5.74, 6) is 0. The lowest BCUT2D eigenvalue weighted by molar-refractivity contribution is 1.31. The van der Waals surface area contributed by atoms with Gasteiger partial charge in [-0.25, -0.2) is 0 Å². The summed E-state index contributed by atoms with van der Waals surface area (Å²) in [5, 5.41) is 10.1. The minimum atomic E-state index is 1.13. The smallest absolute Gasteiger partial charge is 0.0540 e. The SMILES string of the molecule is c1ccc(-c2cccc3c2ccc2c(N(c4ccc(-c5cccc6ccccc56)cc4)c4ccc5c(c4)sc4ccccc45)cccc23)cc1. The highest BCUT2D eigenvalue weighted by Gasteiger charge is 2.19. The fourth-order valence-electron chi connectivity index (χ4n) is 7.72. The molecule has 0 N–H and O–H groups in total.